The van der Waals surface area contributed by atoms with Gasteiger partial charge in [0.05, 0.1) is 28.2 Å². The van der Waals surface area contributed by atoms with Gasteiger partial charge < -0.3 is 15.0 Å². The Morgan fingerprint density at radius 1 is 1.21 bits per heavy atom. The van der Waals surface area contributed by atoms with Crippen LogP contribution >= 0.6 is 23.2 Å². The van der Waals surface area contributed by atoms with Gasteiger partial charge in [-0.25, -0.2) is 4.98 Å². The first kappa shape index (κ1) is 19.2. The largest absolute Gasteiger partial charge is 0.391 e. The van der Waals surface area contributed by atoms with Crippen LogP contribution in [0.5, 0.6) is 0 Å². The average Bonchev–Trinajstić information content (AvgIpc) is 3.05. The summed E-state index contributed by atoms with van der Waals surface area (Å²) in [6, 6.07) is 5.07. The van der Waals surface area contributed by atoms with E-state index in [0.29, 0.717) is 39.7 Å². The molecule has 2 N–H and O–H groups in total. The molecule has 1 aliphatic rings. The number of hydrogen-bond donors (Lipinski definition) is 2. The molecule has 1 fully saturated rings. The van der Waals surface area contributed by atoms with E-state index in [0.717, 1.165) is 24.8 Å². The number of aliphatic hydroxyl groups excluding tert-OH is 1. The first-order valence-electron chi connectivity index (χ1n) is 9.25. The van der Waals surface area contributed by atoms with E-state index in [1.54, 1.807) is 30.7 Å². The third-order valence-corrected chi connectivity index (χ3v) is 5.66. The fourth-order valence-corrected chi connectivity index (χ4v) is 4.06. The lowest BCUT2D eigenvalue weighted by Gasteiger charge is -2.28. The molecule has 0 bridgehead atoms. The van der Waals surface area contributed by atoms with Gasteiger partial charge in [0.2, 0.25) is 0 Å². The van der Waals surface area contributed by atoms with E-state index in [-0.39, 0.29) is 11.9 Å². The van der Waals surface area contributed by atoms with Crippen LogP contribution in [0.1, 0.15) is 41.6 Å². The average molecular weight is 419 g/mol. The summed E-state index contributed by atoms with van der Waals surface area (Å²) in [6.07, 6.45) is 7.99. The summed E-state index contributed by atoms with van der Waals surface area (Å²) in [5.41, 5.74) is 2.60. The zero-order valence-electron chi connectivity index (χ0n) is 15.1. The Balaban J connectivity index is 1.67. The highest BCUT2D eigenvalue weighted by Gasteiger charge is 2.27. The molecule has 28 heavy (non-hydrogen) atoms. The Labute approximate surface area is 172 Å². The topological polar surface area (TPSA) is 80.0 Å². The summed E-state index contributed by atoms with van der Waals surface area (Å²) < 4.78 is 1.89. The molecule has 1 saturated carbocycles. The number of amides is 1. The van der Waals surface area contributed by atoms with Crippen molar-refractivity contribution in [1.29, 1.82) is 0 Å². The highest BCUT2D eigenvalue weighted by atomic mass is 35.5. The molecule has 0 saturated heterocycles. The maximum absolute atomic E-state index is 12.9. The lowest BCUT2D eigenvalue weighted by Crippen LogP contribution is -2.45. The number of halogens is 2. The number of aromatic nitrogens is 3. The van der Waals surface area contributed by atoms with Crippen molar-refractivity contribution in [3.63, 3.8) is 0 Å². The van der Waals surface area contributed by atoms with Crippen LogP contribution in [0.15, 0.2) is 36.8 Å². The molecule has 3 heterocycles. The predicted octanol–water partition coefficient (Wildman–Crippen LogP) is 3.82. The summed E-state index contributed by atoms with van der Waals surface area (Å²) in [5.74, 6) is -0.251. The zero-order chi connectivity index (χ0) is 19.7. The minimum atomic E-state index is -0.511. The molecule has 0 spiro atoms. The van der Waals surface area contributed by atoms with Crippen molar-refractivity contribution in [3.8, 4) is 0 Å². The molecule has 1 aliphatic carbocycles. The van der Waals surface area contributed by atoms with E-state index in [2.05, 4.69) is 15.3 Å². The van der Waals surface area contributed by atoms with Crippen LogP contribution in [0.2, 0.25) is 10.2 Å². The van der Waals surface area contributed by atoms with Crippen molar-refractivity contribution >= 4 is 40.1 Å². The molecule has 0 aromatic carbocycles. The van der Waals surface area contributed by atoms with Crippen LogP contribution in [-0.2, 0) is 6.54 Å². The maximum Gasteiger partial charge on any atom is 0.255 e. The number of hydrogen-bond acceptors (Lipinski definition) is 4. The molecular weight excluding hydrogens is 399 g/mol. The fraction of sp³-hybridized carbons (Fsp3) is 0.350. The van der Waals surface area contributed by atoms with Crippen molar-refractivity contribution in [2.75, 3.05) is 0 Å². The molecule has 0 aliphatic heterocycles. The van der Waals surface area contributed by atoms with Crippen LogP contribution in [0.4, 0.5) is 0 Å². The smallest absolute Gasteiger partial charge is 0.255 e. The van der Waals surface area contributed by atoms with Gasteiger partial charge in [0.15, 0.2) is 0 Å². The molecule has 3 aromatic heterocycles. The molecule has 4 rings (SSSR count). The van der Waals surface area contributed by atoms with Gasteiger partial charge in [-0.15, -0.1) is 0 Å². The van der Waals surface area contributed by atoms with Gasteiger partial charge in [-0.2, -0.15) is 0 Å². The Morgan fingerprint density at radius 3 is 2.79 bits per heavy atom. The number of carbonyl (C=O) groups is 1. The molecule has 6 nitrogen and oxygen atoms in total. The summed E-state index contributed by atoms with van der Waals surface area (Å²) in [4.78, 5) is 21.4. The Morgan fingerprint density at radius 2 is 2.04 bits per heavy atom. The molecule has 146 valence electrons. The molecule has 3 aromatic rings. The zero-order valence-corrected chi connectivity index (χ0v) is 16.6. The minimum absolute atomic E-state index is 0.237. The van der Waals surface area contributed by atoms with Gasteiger partial charge in [-0.05, 0) is 30.5 Å². The Kier molecular flexibility index (Phi) is 5.53. The fourth-order valence-electron chi connectivity index (χ4n) is 3.70. The standard InChI is InChI=1S/C20H20Cl2N4O2/c21-14-7-8-23-18-13(20(28)25-15-3-1-2-4-16(15)27)11-26(19(14)18)10-12-5-6-17(22)24-9-12/h5-9,11,15-16,27H,1-4,10H2,(H,25,28)/t15-,16-/m0/s1. The summed E-state index contributed by atoms with van der Waals surface area (Å²) in [6.45, 7) is 0.478. The van der Waals surface area contributed by atoms with Gasteiger partial charge in [0.25, 0.3) is 5.91 Å². The van der Waals surface area contributed by atoms with Gasteiger partial charge in [0.1, 0.15) is 10.7 Å². The third kappa shape index (κ3) is 3.85. The van der Waals surface area contributed by atoms with E-state index in [9.17, 15) is 9.90 Å². The molecule has 8 heteroatoms. The van der Waals surface area contributed by atoms with Crippen molar-refractivity contribution < 1.29 is 9.90 Å². The Hall–Kier alpha value is -2.15. The molecule has 0 radical (unpaired) electrons. The quantitative estimate of drug-likeness (QED) is 0.631. The lowest BCUT2D eigenvalue weighted by molar-refractivity contribution is 0.0718. The predicted molar refractivity (Wildman–Crippen MR) is 109 cm³/mol. The molecule has 1 amide bonds. The number of fused-ring (bicyclic) bond motifs is 1. The second-order valence-electron chi connectivity index (χ2n) is 7.08. The number of nitrogens with one attached hydrogen (secondary N) is 1. The van der Waals surface area contributed by atoms with Gasteiger partial charge in [-0.3, -0.25) is 9.78 Å². The number of rotatable bonds is 4. The number of pyridine rings is 2. The summed E-state index contributed by atoms with van der Waals surface area (Å²) >= 11 is 12.3. The molecular formula is C20H20Cl2N4O2. The monoisotopic (exact) mass is 418 g/mol. The van der Waals surface area contributed by atoms with Crippen molar-refractivity contribution in [2.24, 2.45) is 0 Å². The number of carbonyl (C=O) groups excluding carboxylic acids is 1. The summed E-state index contributed by atoms with van der Waals surface area (Å²) in [5, 5.41) is 14.1. The van der Waals surface area contributed by atoms with E-state index in [1.807, 2.05) is 10.6 Å². The SMILES string of the molecule is O=C(N[C@H]1CCCC[C@@H]1O)c1cn(Cc2ccc(Cl)nc2)c2c(Cl)ccnc12. The van der Waals surface area contributed by atoms with Crippen LogP contribution in [0.3, 0.4) is 0 Å². The van der Waals surface area contributed by atoms with E-state index < -0.39 is 6.10 Å². The Bertz CT molecular complexity index is 1000. The number of nitrogens with zero attached hydrogens (tertiary/aromatic N) is 3. The van der Waals surface area contributed by atoms with E-state index >= 15 is 0 Å². The van der Waals surface area contributed by atoms with Gasteiger partial charge >= 0.3 is 0 Å². The van der Waals surface area contributed by atoms with E-state index in [4.69, 9.17) is 23.2 Å². The highest BCUT2D eigenvalue weighted by Crippen LogP contribution is 2.28. The van der Waals surface area contributed by atoms with Crippen molar-refractivity contribution in [2.45, 2.75) is 44.4 Å². The van der Waals surface area contributed by atoms with Gasteiger partial charge in [-0.1, -0.05) is 42.1 Å². The third-order valence-electron chi connectivity index (χ3n) is 5.13. The normalized spacial score (nSPS) is 19.7. The second kappa shape index (κ2) is 8.07. The summed E-state index contributed by atoms with van der Waals surface area (Å²) in [7, 11) is 0. The van der Waals surface area contributed by atoms with Crippen molar-refractivity contribution in [1.82, 2.24) is 19.9 Å². The first-order valence-corrected chi connectivity index (χ1v) is 10.0. The molecule has 0 unspecified atom stereocenters. The van der Waals surface area contributed by atoms with Crippen LogP contribution in [-0.4, -0.2) is 37.7 Å². The van der Waals surface area contributed by atoms with E-state index in [1.165, 1.54) is 0 Å². The van der Waals surface area contributed by atoms with Crippen molar-refractivity contribution in [3.05, 3.63) is 58.1 Å². The minimum Gasteiger partial charge on any atom is -0.391 e. The first-order chi connectivity index (χ1) is 13.5. The van der Waals surface area contributed by atoms with Gasteiger partial charge in [0, 0.05) is 25.1 Å². The van der Waals surface area contributed by atoms with Crippen LogP contribution < -0.4 is 5.32 Å². The number of aliphatic hydroxyl groups is 1. The van der Waals surface area contributed by atoms with Crippen LogP contribution in [0, 0.1) is 0 Å². The maximum atomic E-state index is 12.9. The molecule has 2 atom stereocenters. The second-order valence-corrected chi connectivity index (χ2v) is 7.88. The highest BCUT2D eigenvalue weighted by molar-refractivity contribution is 6.35. The van der Waals surface area contributed by atoms with Crippen LogP contribution in [0.25, 0.3) is 11.0 Å². The lowest BCUT2D eigenvalue weighted by atomic mass is 9.92.